The van der Waals surface area contributed by atoms with Gasteiger partial charge in [0.15, 0.2) is 6.10 Å². The van der Waals surface area contributed by atoms with E-state index in [1.165, 1.54) is 23.8 Å². The average molecular weight is 486 g/mol. The second-order valence-corrected chi connectivity index (χ2v) is 9.72. The summed E-state index contributed by atoms with van der Waals surface area (Å²) < 4.78 is 63.7. The van der Waals surface area contributed by atoms with E-state index in [2.05, 4.69) is 6.07 Å². The number of likely N-dealkylation sites (tertiary alicyclic amines) is 1. The first-order chi connectivity index (χ1) is 15.5. The lowest BCUT2D eigenvalue weighted by Gasteiger charge is -2.32. The molecule has 1 aliphatic heterocycles. The number of nitrogens with zero attached hydrogens (tertiary/aromatic N) is 1. The van der Waals surface area contributed by atoms with Crippen LogP contribution in [0.2, 0.25) is 0 Å². The van der Waals surface area contributed by atoms with Crippen molar-refractivity contribution in [1.29, 1.82) is 0 Å². The van der Waals surface area contributed by atoms with E-state index < -0.39 is 28.8 Å². The Hall–Kier alpha value is -2.47. The maximum Gasteiger partial charge on any atom is 0.415 e. The van der Waals surface area contributed by atoms with Gasteiger partial charge >= 0.3 is 6.18 Å². The largest absolute Gasteiger partial charge is 0.415 e. The Kier molecular flexibility index (Phi) is 7.78. The first kappa shape index (κ1) is 25.2. The van der Waals surface area contributed by atoms with Crippen LogP contribution in [0.5, 0.6) is 0 Å². The van der Waals surface area contributed by atoms with Crippen LogP contribution in [0.4, 0.5) is 13.2 Å². The number of hydrogen-bond acceptors (Lipinski definition) is 5. The van der Waals surface area contributed by atoms with Crippen molar-refractivity contribution in [3.8, 4) is 0 Å². The lowest BCUT2D eigenvalue weighted by atomic mass is 9.88. The molecule has 0 spiro atoms. The van der Waals surface area contributed by atoms with Crippen LogP contribution in [-0.4, -0.2) is 56.2 Å². The van der Waals surface area contributed by atoms with Crippen LogP contribution in [0.25, 0.3) is 0 Å². The van der Waals surface area contributed by atoms with Crippen molar-refractivity contribution in [1.82, 2.24) is 9.62 Å². The van der Waals surface area contributed by atoms with Gasteiger partial charge in [0.25, 0.3) is 5.91 Å². The van der Waals surface area contributed by atoms with Crippen LogP contribution in [0.1, 0.15) is 40.2 Å². The lowest BCUT2D eigenvalue weighted by Crippen LogP contribution is -2.40. The smallest absolute Gasteiger partial charge is 0.382 e. The zero-order valence-corrected chi connectivity index (χ0v) is 18.6. The summed E-state index contributed by atoms with van der Waals surface area (Å²) in [6.07, 6.45) is -6.29. The summed E-state index contributed by atoms with van der Waals surface area (Å²) in [5, 5.41) is 9.02. The molecule has 33 heavy (non-hydrogen) atoms. The summed E-state index contributed by atoms with van der Waals surface area (Å²) in [6, 6.07) is 13.1. The van der Waals surface area contributed by atoms with Gasteiger partial charge in [0, 0.05) is 31.7 Å². The summed E-state index contributed by atoms with van der Waals surface area (Å²) >= 11 is 0. The highest BCUT2D eigenvalue weighted by Crippen LogP contribution is 2.29. The number of piperidine rings is 1. The Labute approximate surface area is 190 Å². The highest BCUT2D eigenvalue weighted by molar-refractivity contribution is 7.89. The first-order valence-electron chi connectivity index (χ1n) is 10.4. The number of halogens is 3. The fraction of sp³-hybridized carbons (Fsp3) is 0.409. The van der Waals surface area contributed by atoms with E-state index in [1.54, 1.807) is 9.62 Å². The van der Waals surface area contributed by atoms with E-state index in [0.29, 0.717) is 19.6 Å². The van der Waals surface area contributed by atoms with Crippen molar-refractivity contribution in [2.75, 3.05) is 19.6 Å². The summed E-state index contributed by atoms with van der Waals surface area (Å²) in [5.74, 6) is -0.0620. The minimum absolute atomic E-state index is 0.123. The number of carbonyl (C=O) groups excluding carboxylic acids is 1. The Balaban J connectivity index is 1.65. The zero-order valence-electron chi connectivity index (χ0n) is 17.8. The van der Waals surface area contributed by atoms with Crippen LogP contribution in [0, 0.1) is 0 Å². The molecule has 1 amide bonds. The number of rotatable bonds is 7. The number of carbonyl (C=O) groups is 1. The van der Waals surface area contributed by atoms with Crippen molar-refractivity contribution in [2.24, 2.45) is 5.73 Å². The molecule has 3 rings (SSSR count). The van der Waals surface area contributed by atoms with Gasteiger partial charge in [-0.15, -0.1) is 0 Å². The predicted octanol–water partition coefficient (Wildman–Crippen LogP) is 2.37. The second kappa shape index (κ2) is 10.2. The second-order valence-electron chi connectivity index (χ2n) is 7.95. The molecule has 11 heteroatoms. The average Bonchev–Trinajstić information content (AvgIpc) is 2.81. The van der Waals surface area contributed by atoms with Gasteiger partial charge in [-0.05, 0) is 48.1 Å². The Morgan fingerprint density at radius 2 is 1.82 bits per heavy atom. The molecule has 0 aromatic heterocycles. The fourth-order valence-corrected chi connectivity index (χ4v) is 4.84. The van der Waals surface area contributed by atoms with Gasteiger partial charge in [0.05, 0.1) is 4.90 Å². The number of aliphatic hydroxyl groups excluding tert-OH is 1. The molecule has 0 radical (unpaired) electrons. The Bertz CT molecular complexity index is 1080. The molecule has 1 atom stereocenters. The van der Waals surface area contributed by atoms with E-state index in [-0.39, 0.29) is 22.3 Å². The van der Waals surface area contributed by atoms with Crippen LogP contribution in [0.15, 0.2) is 53.4 Å². The molecular formula is C22H26F3N3O4S. The van der Waals surface area contributed by atoms with Crippen molar-refractivity contribution in [3.63, 3.8) is 0 Å². The van der Waals surface area contributed by atoms with Gasteiger partial charge in [-0.1, -0.05) is 30.3 Å². The topological polar surface area (TPSA) is 113 Å². The third-order valence-electron chi connectivity index (χ3n) is 5.68. The predicted molar refractivity (Wildman–Crippen MR) is 116 cm³/mol. The number of hydrogen-bond donors (Lipinski definition) is 3. The number of benzene rings is 2. The zero-order chi connectivity index (χ0) is 24.2. The molecule has 4 N–H and O–H groups in total. The van der Waals surface area contributed by atoms with Gasteiger partial charge in [0.2, 0.25) is 10.0 Å². The van der Waals surface area contributed by atoms with Crippen LogP contribution in [-0.2, 0) is 16.6 Å². The van der Waals surface area contributed by atoms with Gasteiger partial charge in [-0.25, -0.2) is 13.1 Å². The summed E-state index contributed by atoms with van der Waals surface area (Å²) in [4.78, 5) is 14.2. The molecular weight excluding hydrogens is 459 g/mol. The fourth-order valence-electron chi connectivity index (χ4n) is 3.76. The summed E-state index contributed by atoms with van der Waals surface area (Å²) in [6.45, 7) is 0.212. The van der Waals surface area contributed by atoms with Crippen molar-refractivity contribution < 1.29 is 31.5 Å². The first-order valence-corrected chi connectivity index (χ1v) is 11.9. The summed E-state index contributed by atoms with van der Waals surface area (Å²) in [5.41, 5.74) is 8.04. The highest BCUT2D eigenvalue weighted by Gasteiger charge is 2.38. The van der Waals surface area contributed by atoms with Crippen molar-refractivity contribution >= 4 is 15.9 Å². The number of nitrogens with one attached hydrogen (secondary N) is 1. The van der Waals surface area contributed by atoms with Crippen molar-refractivity contribution in [2.45, 2.75) is 42.5 Å². The van der Waals surface area contributed by atoms with Crippen LogP contribution < -0.4 is 10.5 Å². The number of aliphatic hydroxyl groups is 1. The molecule has 0 unspecified atom stereocenters. The lowest BCUT2D eigenvalue weighted by molar-refractivity contribution is -0.200. The third-order valence-corrected chi connectivity index (χ3v) is 7.10. The molecule has 180 valence electrons. The molecule has 1 heterocycles. The van der Waals surface area contributed by atoms with Crippen LogP contribution in [0.3, 0.4) is 0 Å². The quantitative estimate of drug-likeness (QED) is 0.558. The maximum absolute atomic E-state index is 12.9. The number of amides is 1. The van der Waals surface area contributed by atoms with E-state index in [9.17, 15) is 26.4 Å². The number of alkyl halides is 3. The van der Waals surface area contributed by atoms with Crippen LogP contribution >= 0.6 is 0 Å². The standard InChI is InChI=1S/C22H26F3N3O4S/c23-22(24,25)20(29)14-27-33(31,32)19-6-2-5-18(12-19)21(30)28-9-7-16(8-10-28)17-4-1-3-15(11-17)13-26/h1-6,11-12,16,20,27,29H,7-10,13-14,26H2/t20-/m1/s1. The number of nitrogens with two attached hydrogens (primary N) is 1. The Morgan fingerprint density at radius 1 is 1.15 bits per heavy atom. The van der Waals surface area contributed by atoms with Gasteiger partial charge in [-0.2, -0.15) is 13.2 Å². The van der Waals surface area contributed by atoms with Gasteiger partial charge in [0.1, 0.15) is 0 Å². The molecule has 2 aromatic carbocycles. The molecule has 0 aliphatic carbocycles. The van der Waals surface area contributed by atoms with E-state index in [0.717, 1.165) is 24.5 Å². The third kappa shape index (κ3) is 6.32. The normalized spacial score (nSPS) is 16.6. The molecule has 2 aromatic rings. The monoisotopic (exact) mass is 485 g/mol. The van der Waals surface area contributed by atoms with E-state index in [1.807, 2.05) is 18.2 Å². The van der Waals surface area contributed by atoms with E-state index in [4.69, 9.17) is 10.8 Å². The highest BCUT2D eigenvalue weighted by atomic mass is 32.2. The summed E-state index contributed by atoms with van der Waals surface area (Å²) in [7, 11) is -4.34. The molecule has 0 bridgehead atoms. The molecule has 1 saturated heterocycles. The molecule has 7 nitrogen and oxygen atoms in total. The van der Waals surface area contributed by atoms with E-state index >= 15 is 0 Å². The van der Waals surface area contributed by atoms with Crippen molar-refractivity contribution in [3.05, 3.63) is 65.2 Å². The minimum Gasteiger partial charge on any atom is -0.382 e. The van der Waals surface area contributed by atoms with Gasteiger partial charge in [-0.3, -0.25) is 4.79 Å². The molecule has 0 saturated carbocycles. The SMILES string of the molecule is NCc1cccc(C2CCN(C(=O)c3cccc(S(=O)(=O)NC[C@@H](O)C(F)(F)F)c3)CC2)c1. The molecule has 1 aliphatic rings. The Morgan fingerprint density at radius 3 is 2.45 bits per heavy atom. The van der Waals surface area contributed by atoms with Gasteiger partial charge < -0.3 is 15.7 Å². The minimum atomic E-state index is -4.95. The maximum atomic E-state index is 12.9. The number of sulfonamides is 1. The molecule has 1 fully saturated rings.